The minimum atomic E-state index is -0.0792. The Morgan fingerprint density at radius 2 is 2.04 bits per heavy atom. The zero-order valence-electron chi connectivity index (χ0n) is 15.5. The fourth-order valence-electron chi connectivity index (χ4n) is 3.59. The van der Waals surface area contributed by atoms with E-state index in [0.717, 1.165) is 49.1 Å². The van der Waals surface area contributed by atoms with E-state index in [-0.39, 0.29) is 5.56 Å². The monoisotopic (exact) mass is 354 g/mol. The summed E-state index contributed by atoms with van der Waals surface area (Å²) >= 11 is 0. The molecule has 1 aliphatic carbocycles. The van der Waals surface area contributed by atoms with Crippen LogP contribution in [-0.4, -0.2) is 38.9 Å². The molecule has 2 aromatic rings. The van der Waals surface area contributed by atoms with Crippen LogP contribution in [0, 0.1) is 6.92 Å². The van der Waals surface area contributed by atoms with Crippen LogP contribution in [-0.2, 0) is 7.05 Å². The standard InChI is InChI=1S/C19H26N6O/c1-13-11-16(22-19(21-13)14-6-7-14)20-12-15-5-3-4-10-25(15)17-8-9-18(26)24(2)23-17/h8-9,11,14-15H,3-7,10,12H2,1-2H3,(H,20,21,22). The average molecular weight is 354 g/mol. The second-order valence-corrected chi connectivity index (χ2v) is 7.40. The van der Waals surface area contributed by atoms with Gasteiger partial charge in [-0.25, -0.2) is 14.6 Å². The lowest BCUT2D eigenvalue weighted by molar-refractivity contribution is 0.464. The normalized spacial score (nSPS) is 20.2. The quantitative estimate of drug-likeness (QED) is 0.887. The van der Waals surface area contributed by atoms with Gasteiger partial charge in [0.1, 0.15) is 17.5 Å². The van der Waals surface area contributed by atoms with Crippen molar-refractivity contribution in [1.29, 1.82) is 0 Å². The summed E-state index contributed by atoms with van der Waals surface area (Å²) in [6, 6.07) is 5.79. The molecule has 1 saturated carbocycles. The van der Waals surface area contributed by atoms with Gasteiger partial charge in [0.2, 0.25) is 0 Å². The van der Waals surface area contributed by atoms with Crippen molar-refractivity contribution in [2.45, 2.75) is 51.0 Å². The van der Waals surface area contributed by atoms with E-state index in [1.54, 1.807) is 13.1 Å². The topological polar surface area (TPSA) is 75.9 Å². The predicted molar refractivity (Wildman–Crippen MR) is 102 cm³/mol. The molecule has 1 atom stereocenters. The molecule has 0 radical (unpaired) electrons. The second kappa shape index (κ2) is 7.05. The first-order valence-corrected chi connectivity index (χ1v) is 9.50. The van der Waals surface area contributed by atoms with E-state index in [1.807, 2.05) is 19.1 Å². The molecule has 1 unspecified atom stereocenters. The zero-order valence-corrected chi connectivity index (χ0v) is 15.5. The number of piperidine rings is 1. The summed E-state index contributed by atoms with van der Waals surface area (Å²) in [5.74, 6) is 3.32. The molecule has 138 valence electrons. The highest BCUT2D eigenvalue weighted by molar-refractivity contribution is 5.41. The Kier molecular flexibility index (Phi) is 4.61. The molecule has 7 heteroatoms. The van der Waals surface area contributed by atoms with E-state index in [9.17, 15) is 4.79 Å². The van der Waals surface area contributed by atoms with Crippen LogP contribution >= 0.6 is 0 Å². The Morgan fingerprint density at radius 3 is 2.81 bits per heavy atom. The highest BCUT2D eigenvalue weighted by Gasteiger charge is 2.27. The van der Waals surface area contributed by atoms with E-state index in [0.29, 0.717) is 12.0 Å². The first kappa shape index (κ1) is 17.0. The van der Waals surface area contributed by atoms with Gasteiger partial charge in [-0.3, -0.25) is 4.79 Å². The number of rotatable bonds is 5. The zero-order chi connectivity index (χ0) is 18.1. The van der Waals surface area contributed by atoms with Crippen molar-refractivity contribution in [3.8, 4) is 0 Å². The van der Waals surface area contributed by atoms with Crippen molar-refractivity contribution in [3.05, 3.63) is 40.1 Å². The summed E-state index contributed by atoms with van der Waals surface area (Å²) in [4.78, 5) is 23.2. The average Bonchev–Trinajstić information content (AvgIpc) is 3.47. The highest BCUT2D eigenvalue weighted by Crippen LogP contribution is 2.38. The molecular weight excluding hydrogens is 328 g/mol. The molecule has 3 heterocycles. The SMILES string of the molecule is Cc1cc(NCC2CCCCN2c2ccc(=O)n(C)n2)nc(C2CC2)n1. The maximum atomic E-state index is 11.6. The number of anilines is 2. The summed E-state index contributed by atoms with van der Waals surface area (Å²) in [6.07, 6.45) is 5.89. The molecular formula is C19H26N6O. The Hall–Kier alpha value is -2.44. The van der Waals surface area contributed by atoms with Crippen molar-refractivity contribution >= 4 is 11.6 Å². The van der Waals surface area contributed by atoms with Gasteiger partial charge < -0.3 is 10.2 Å². The number of nitrogens with one attached hydrogen (secondary N) is 1. The van der Waals surface area contributed by atoms with Crippen LogP contribution in [0.1, 0.15) is 49.5 Å². The molecule has 26 heavy (non-hydrogen) atoms. The van der Waals surface area contributed by atoms with Crippen LogP contribution in [0.3, 0.4) is 0 Å². The van der Waals surface area contributed by atoms with Crippen LogP contribution in [0.25, 0.3) is 0 Å². The predicted octanol–water partition coefficient (Wildman–Crippen LogP) is 2.23. The van der Waals surface area contributed by atoms with Gasteiger partial charge in [-0.1, -0.05) is 0 Å². The van der Waals surface area contributed by atoms with Gasteiger partial charge in [-0.05, 0) is 45.1 Å². The third-order valence-corrected chi connectivity index (χ3v) is 5.20. The molecule has 2 fully saturated rings. The first-order valence-electron chi connectivity index (χ1n) is 9.50. The smallest absolute Gasteiger partial charge is 0.266 e. The van der Waals surface area contributed by atoms with Crippen LogP contribution < -0.4 is 15.8 Å². The number of aromatic nitrogens is 4. The molecule has 1 N–H and O–H groups in total. The molecule has 1 saturated heterocycles. The van der Waals surface area contributed by atoms with E-state index >= 15 is 0 Å². The van der Waals surface area contributed by atoms with Crippen molar-refractivity contribution in [2.75, 3.05) is 23.3 Å². The van der Waals surface area contributed by atoms with Crippen LogP contribution in [0.2, 0.25) is 0 Å². The Morgan fingerprint density at radius 1 is 1.19 bits per heavy atom. The fraction of sp³-hybridized carbons (Fsp3) is 0.579. The van der Waals surface area contributed by atoms with Crippen LogP contribution in [0.4, 0.5) is 11.6 Å². The molecule has 0 amide bonds. The van der Waals surface area contributed by atoms with Gasteiger partial charge in [-0.2, -0.15) is 5.10 Å². The van der Waals surface area contributed by atoms with Crippen LogP contribution in [0.15, 0.2) is 23.0 Å². The molecule has 2 aliphatic rings. The summed E-state index contributed by atoms with van der Waals surface area (Å²) in [6.45, 7) is 3.80. The lowest BCUT2D eigenvalue weighted by atomic mass is 10.0. The second-order valence-electron chi connectivity index (χ2n) is 7.40. The number of nitrogens with zero attached hydrogens (tertiary/aromatic N) is 5. The van der Waals surface area contributed by atoms with E-state index in [4.69, 9.17) is 4.98 Å². The maximum Gasteiger partial charge on any atom is 0.266 e. The van der Waals surface area contributed by atoms with Crippen LogP contribution in [0.5, 0.6) is 0 Å². The highest BCUT2D eigenvalue weighted by atomic mass is 16.1. The van der Waals surface area contributed by atoms with Crippen molar-refractivity contribution in [2.24, 2.45) is 7.05 Å². The van der Waals surface area contributed by atoms with Gasteiger partial charge >= 0.3 is 0 Å². The number of aryl methyl sites for hydroxylation is 2. The van der Waals surface area contributed by atoms with Gasteiger partial charge in [0, 0.05) is 49.9 Å². The minimum absolute atomic E-state index is 0.0792. The van der Waals surface area contributed by atoms with Gasteiger partial charge in [0.25, 0.3) is 5.56 Å². The summed E-state index contributed by atoms with van der Waals surface area (Å²) in [5.41, 5.74) is 0.939. The molecule has 0 bridgehead atoms. The molecule has 7 nitrogen and oxygen atoms in total. The Bertz CT molecular complexity index is 844. The lowest BCUT2D eigenvalue weighted by Gasteiger charge is -2.36. The lowest BCUT2D eigenvalue weighted by Crippen LogP contribution is -2.45. The molecule has 2 aromatic heterocycles. The number of hydrogen-bond acceptors (Lipinski definition) is 6. The molecule has 1 aliphatic heterocycles. The Labute approximate surface area is 153 Å². The van der Waals surface area contributed by atoms with E-state index in [1.165, 1.54) is 23.9 Å². The van der Waals surface area contributed by atoms with Crippen molar-refractivity contribution < 1.29 is 0 Å². The maximum absolute atomic E-state index is 11.6. The minimum Gasteiger partial charge on any atom is -0.368 e. The molecule has 4 rings (SSSR count). The van der Waals surface area contributed by atoms with Crippen molar-refractivity contribution in [3.63, 3.8) is 0 Å². The summed E-state index contributed by atoms with van der Waals surface area (Å²) in [7, 11) is 1.70. The fourth-order valence-corrected chi connectivity index (χ4v) is 3.59. The van der Waals surface area contributed by atoms with Gasteiger partial charge in [-0.15, -0.1) is 0 Å². The van der Waals surface area contributed by atoms with E-state index in [2.05, 4.69) is 20.3 Å². The van der Waals surface area contributed by atoms with Gasteiger partial charge in [0.05, 0.1) is 0 Å². The first-order chi connectivity index (χ1) is 12.6. The van der Waals surface area contributed by atoms with Crippen molar-refractivity contribution in [1.82, 2.24) is 19.7 Å². The largest absolute Gasteiger partial charge is 0.368 e. The van der Waals surface area contributed by atoms with Gasteiger partial charge in [0.15, 0.2) is 0 Å². The third kappa shape index (κ3) is 3.71. The van der Waals surface area contributed by atoms with E-state index < -0.39 is 0 Å². The molecule has 0 aromatic carbocycles. The summed E-state index contributed by atoms with van der Waals surface area (Å²) < 4.78 is 1.41. The summed E-state index contributed by atoms with van der Waals surface area (Å²) in [5, 5.41) is 7.95. The Balaban J connectivity index is 1.48. The third-order valence-electron chi connectivity index (χ3n) is 5.20. The molecule has 0 spiro atoms. The number of hydrogen-bond donors (Lipinski definition) is 1.